The van der Waals surface area contributed by atoms with Crippen LogP contribution in [0.25, 0.3) is 0 Å². The van der Waals surface area contributed by atoms with E-state index in [0.717, 1.165) is 0 Å². The summed E-state index contributed by atoms with van der Waals surface area (Å²) in [6.07, 6.45) is 0. The Bertz CT molecular complexity index is 175. The minimum Gasteiger partial charge on any atom is -0.305 e. The van der Waals surface area contributed by atoms with Crippen molar-refractivity contribution in [1.82, 2.24) is 4.90 Å². The van der Waals surface area contributed by atoms with E-state index in [4.69, 9.17) is 11.3 Å². The molecule has 0 heterocycles. The van der Waals surface area contributed by atoms with Gasteiger partial charge in [-0.3, -0.25) is 10.3 Å². The molecular weight excluding hydrogens is 154 g/mol. The highest BCUT2D eigenvalue weighted by molar-refractivity contribution is 5.84. The van der Waals surface area contributed by atoms with Crippen LogP contribution in [0.1, 0.15) is 20.8 Å². The SMILES string of the molecule is CC(C)N(C)C(C)C(=N)N=NN. The van der Waals surface area contributed by atoms with Crippen LogP contribution in [0.3, 0.4) is 0 Å². The van der Waals surface area contributed by atoms with Gasteiger partial charge in [0, 0.05) is 6.04 Å². The van der Waals surface area contributed by atoms with Crippen LogP contribution >= 0.6 is 0 Å². The molecule has 1 atom stereocenters. The lowest BCUT2D eigenvalue weighted by atomic mass is 10.2. The van der Waals surface area contributed by atoms with Crippen molar-refractivity contribution in [3.05, 3.63) is 0 Å². The van der Waals surface area contributed by atoms with Crippen molar-refractivity contribution < 1.29 is 0 Å². The maximum Gasteiger partial charge on any atom is 0.162 e. The monoisotopic (exact) mass is 171 g/mol. The molecule has 0 aromatic carbocycles. The first-order valence-corrected chi connectivity index (χ1v) is 3.92. The van der Waals surface area contributed by atoms with E-state index in [1.54, 1.807) is 0 Å². The van der Waals surface area contributed by atoms with Crippen LogP contribution in [0.4, 0.5) is 0 Å². The van der Waals surface area contributed by atoms with Gasteiger partial charge in [0.1, 0.15) is 0 Å². The molecule has 0 spiro atoms. The number of nitrogens with zero attached hydrogens (tertiary/aromatic N) is 3. The van der Waals surface area contributed by atoms with Crippen LogP contribution in [0.5, 0.6) is 0 Å². The number of nitrogens with one attached hydrogen (secondary N) is 1. The summed E-state index contributed by atoms with van der Waals surface area (Å²) in [6, 6.07) is 0.339. The minimum absolute atomic E-state index is 0.0442. The van der Waals surface area contributed by atoms with E-state index in [9.17, 15) is 0 Å². The zero-order valence-electron chi connectivity index (χ0n) is 8.07. The Hall–Kier alpha value is -0.970. The van der Waals surface area contributed by atoms with Crippen molar-refractivity contribution >= 4 is 5.84 Å². The van der Waals surface area contributed by atoms with E-state index in [1.165, 1.54) is 0 Å². The highest BCUT2D eigenvalue weighted by atomic mass is 15.3. The number of rotatable bonds is 3. The van der Waals surface area contributed by atoms with Crippen molar-refractivity contribution in [3.8, 4) is 0 Å². The summed E-state index contributed by atoms with van der Waals surface area (Å²) in [6.45, 7) is 6.02. The lowest BCUT2D eigenvalue weighted by Crippen LogP contribution is -2.39. The molecule has 0 bridgehead atoms. The van der Waals surface area contributed by atoms with Gasteiger partial charge in [-0.15, -0.1) is 5.11 Å². The smallest absolute Gasteiger partial charge is 0.162 e. The second kappa shape index (κ2) is 4.82. The van der Waals surface area contributed by atoms with E-state index in [1.807, 2.05) is 18.9 Å². The molecular formula is C7H17N5. The zero-order valence-corrected chi connectivity index (χ0v) is 8.07. The Labute approximate surface area is 73.1 Å². The second-order valence-corrected chi connectivity index (χ2v) is 3.04. The van der Waals surface area contributed by atoms with Gasteiger partial charge < -0.3 is 5.84 Å². The molecule has 70 valence electrons. The Morgan fingerprint density at radius 3 is 2.25 bits per heavy atom. The summed E-state index contributed by atoms with van der Waals surface area (Å²) in [4.78, 5) is 2.02. The Balaban J connectivity index is 4.18. The van der Waals surface area contributed by atoms with Crippen molar-refractivity contribution in [2.45, 2.75) is 32.9 Å². The molecule has 5 heteroatoms. The second-order valence-electron chi connectivity index (χ2n) is 3.04. The quantitative estimate of drug-likeness (QED) is 0.218. The molecule has 3 N–H and O–H groups in total. The molecule has 0 rings (SSSR count). The van der Waals surface area contributed by atoms with Gasteiger partial charge in [0.25, 0.3) is 0 Å². The Kier molecular flexibility index (Phi) is 4.43. The molecule has 0 aromatic heterocycles. The van der Waals surface area contributed by atoms with Crippen molar-refractivity contribution in [2.75, 3.05) is 7.05 Å². The van der Waals surface area contributed by atoms with Crippen LogP contribution < -0.4 is 5.84 Å². The van der Waals surface area contributed by atoms with Gasteiger partial charge in [-0.1, -0.05) is 5.22 Å². The normalized spacial score (nSPS) is 14.5. The van der Waals surface area contributed by atoms with E-state index in [0.29, 0.717) is 6.04 Å². The van der Waals surface area contributed by atoms with Crippen LogP contribution in [0.15, 0.2) is 10.3 Å². The summed E-state index contributed by atoms with van der Waals surface area (Å²) in [5, 5.41) is 14.0. The molecule has 0 amide bonds. The number of amidine groups is 1. The van der Waals surface area contributed by atoms with Gasteiger partial charge in [0.2, 0.25) is 0 Å². The lowest BCUT2D eigenvalue weighted by Gasteiger charge is -2.26. The number of hydrogen-bond donors (Lipinski definition) is 2. The van der Waals surface area contributed by atoms with E-state index >= 15 is 0 Å². The topological polar surface area (TPSA) is 77.8 Å². The number of hydrogen-bond acceptors (Lipinski definition) is 3. The van der Waals surface area contributed by atoms with E-state index in [2.05, 4.69) is 24.2 Å². The predicted octanol–water partition coefficient (Wildman–Crippen LogP) is 1.02. The average Bonchev–Trinajstić information content (AvgIpc) is 2.02. The third-order valence-corrected chi connectivity index (χ3v) is 1.99. The van der Waals surface area contributed by atoms with Crippen LogP contribution in [0.2, 0.25) is 0 Å². The van der Waals surface area contributed by atoms with Gasteiger partial charge in [-0.2, -0.15) is 0 Å². The predicted molar refractivity (Wildman–Crippen MR) is 49.1 cm³/mol. The maximum absolute atomic E-state index is 7.44. The summed E-state index contributed by atoms with van der Waals surface area (Å²) < 4.78 is 0. The van der Waals surface area contributed by atoms with E-state index < -0.39 is 0 Å². The van der Waals surface area contributed by atoms with Crippen LogP contribution in [-0.2, 0) is 0 Å². The molecule has 0 saturated carbocycles. The van der Waals surface area contributed by atoms with Crippen LogP contribution in [-0.4, -0.2) is 29.9 Å². The van der Waals surface area contributed by atoms with Gasteiger partial charge in [0.05, 0.1) is 6.04 Å². The standard InChI is InChI=1S/C7H17N5/c1-5(2)12(4)6(3)7(8)10-11-9/h5-6H,1-4H3,(H3,8,9,10). The van der Waals surface area contributed by atoms with Gasteiger partial charge in [-0.25, -0.2) is 0 Å². The fraction of sp³-hybridized carbons (Fsp3) is 0.857. The first kappa shape index (κ1) is 11.0. The highest BCUT2D eigenvalue weighted by Crippen LogP contribution is 2.03. The molecule has 0 saturated heterocycles. The van der Waals surface area contributed by atoms with E-state index in [-0.39, 0.29) is 11.9 Å². The summed E-state index contributed by atoms with van der Waals surface area (Å²) in [5.41, 5.74) is 0. The lowest BCUT2D eigenvalue weighted by molar-refractivity contribution is 0.251. The number of nitrogens with two attached hydrogens (primary N) is 1. The van der Waals surface area contributed by atoms with Gasteiger partial charge >= 0.3 is 0 Å². The molecule has 0 aliphatic rings. The summed E-state index contributed by atoms with van der Waals surface area (Å²) >= 11 is 0. The number of likely N-dealkylation sites (N-methyl/N-ethyl adjacent to an activating group) is 1. The molecule has 1 unspecified atom stereocenters. The summed E-state index contributed by atoms with van der Waals surface area (Å²) in [7, 11) is 1.94. The third-order valence-electron chi connectivity index (χ3n) is 1.99. The van der Waals surface area contributed by atoms with Crippen molar-refractivity contribution in [3.63, 3.8) is 0 Å². The maximum atomic E-state index is 7.44. The zero-order chi connectivity index (χ0) is 9.72. The fourth-order valence-corrected chi connectivity index (χ4v) is 0.786. The molecule has 5 nitrogen and oxygen atoms in total. The fourth-order valence-electron chi connectivity index (χ4n) is 0.786. The Morgan fingerprint density at radius 1 is 1.42 bits per heavy atom. The van der Waals surface area contributed by atoms with Crippen molar-refractivity contribution in [1.29, 1.82) is 5.41 Å². The average molecular weight is 171 g/mol. The first-order chi connectivity index (χ1) is 5.50. The van der Waals surface area contributed by atoms with Gasteiger partial charge in [0.15, 0.2) is 5.84 Å². The summed E-state index contributed by atoms with van der Waals surface area (Å²) in [5.74, 6) is 5.03. The van der Waals surface area contributed by atoms with Gasteiger partial charge in [-0.05, 0) is 27.8 Å². The minimum atomic E-state index is -0.0442. The van der Waals surface area contributed by atoms with Crippen molar-refractivity contribution in [2.24, 2.45) is 16.2 Å². The molecule has 0 fully saturated rings. The molecule has 0 aliphatic heterocycles. The highest BCUT2D eigenvalue weighted by Gasteiger charge is 2.16. The third kappa shape index (κ3) is 2.96. The largest absolute Gasteiger partial charge is 0.305 e. The first-order valence-electron chi connectivity index (χ1n) is 3.92. The Morgan fingerprint density at radius 2 is 1.92 bits per heavy atom. The molecule has 12 heavy (non-hydrogen) atoms. The molecule has 0 aromatic rings. The molecule has 0 radical (unpaired) electrons. The molecule has 0 aliphatic carbocycles. The van der Waals surface area contributed by atoms with Crippen LogP contribution in [0, 0.1) is 5.41 Å².